The number of hydrogen-bond acceptors (Lipinski definition) is 2. The summed E-state index contributed by atoms with van der Waals surface area (Å²) in [4.78, 5) is 4.33. The van der Waals surface area contributed by atoms with Crippen molar-refractivity contribution in [2.75, 3.05) is 0 Å². The molecule has 0 amide bonds. The molecule has 0 saturated heterocycles. The third-order valence-electron chi connectivity index (χ3n) is 2.76. The molecule has 0 atom stereocenters. The molecule has 0 aliphatic carbocycles. The van der Waals surface area contributed by atoms with Crippen LogP contribution in [0, 0.1) is 0 Å². The number of para-hydroxylation sites is 1. The van der Waals surface area contributed by atoms with E-state index in [1.54, 1.807) is 36.4 Å². The van der Waals surface area contributed by atoms with Crippen molar-refractivity contribution in [2.45, 2.75) is 6.43 Å². The Bertz CT molecular complexity index is 677. The molecule has 0 bridgehead atoms. The highest BCUT2D eigenvalue weighted by molar-refractivity contribution is 5.84. The first-order valence-electron chi connectivity index (χ1n) is 5.47. The van der Waals surface area contributed by atoms with Gasteiger partial charge in [0, 0.05) is 10.9 Å². The van der Waals surface area contributed by atoms with E-state index < -0.39 is 6.43 Å². The standard InChI is InChI=1S/C14H9F2NO/c15-14(16)10-8-12(13-6-3-7-18-13)17-11-5-2-1-4-9(10)11/h1-8,14H. The summed E-state index contributed by atoms with van der Waals surface area (Å²) in [6.45, 7) is 0. The van der Waals surface area contributed by atoms with Gasteiger partial charge in [-0.3, -0.25) is 0 Å². The summed E-state index contributed by atoms with van der Waals surface area (Å²) in [7, 11) is 0. The van der Waals surface area contributed by atoms with Crippen molar-refractivity contribution in [2.24, 2.45) is 0 Å². The fraction of sp³-hybridized carbons (Fsp3) is 0.0714. The van der Waals surface area contributed by atoms with Crippen molar-refractivity contribution in [3.63, 3.8) is 0 Å². The second-order valence-electron chi connectivity index (χ2n) is 3.89. The lowest BCUT2D eigenvalue weighted by Crippen LogP contribution is -1.92. The molecule has 4 heteroatoms. The van der Waals surface area contributed by atoms with Crippen LogP contribution in [0.3, 0.4) is 0 Å². The van der Waals surface area contributed by atoms with Crippen molar-refractivity contribution in [3.8, 4) is 11.5 Å². The maximum Gasteiger partial charge on any atom is 0.264 e. The summed E-state index contributed by atoms with van der Waals surface area (Å²) >= 11 is 0. The minimum atomic E-state index is -2.54. The molecule has 3 aromatic rings. The van der Waals surface area contributed by atoms with Crippen molar-refractivity contribution in [3.05, 3.63) is 54.3 Å². The first kappa shape index (κ1) is 10.9. The van der Waals surface area contributed by atoms with Crippen molar-refractivity contribution >= 4 is 10.9 Å². The van der Waals surface area contributed by atoms with Crippen LogP contribution in [-0.2, 0) is 0 Å². The van der Waals surface area contributed by atoms with Gasteiger partial charge in [0.05, 0.1) is 11.8 Å². The van der Waals surface area contributed by atoms with Crippen LogP contribution in [-0.4, -0.2) is 4.98 Å². The number of furan rings is 1. The van der Waals surface area contributed by atoms with Crippen LogP contribution in [0.5, 0.6) is 0 Å². The third-order valence-corrected chi connectivity index (χ3v) is 2.76. The lowest BCUT2D eigenvalue weighted by molar-refractivity contribution is 0.153. The third kappa shape index (κ3) is 1.76. The number of halogens is 2. The fourth-order valence-corrected chi connectivity index (χ4v) is 1.93. The number of benzene rings is 1. The van der Waals surface area contributed by atoms with Gasteiger partial charge in [0.25, 0.3) is 6.43 Å². The van der Waals surface area contributed by atoms with Gasteiger partial charge >= 0.3 is 0 Å². The molecule has 0 spiro atoms. The van der Waals surface area contributed by atoms with E-state index >= 15 is 0 Å². The van der Waals surface area contributed by atoms with E-state index in [2.05, 4.69) is 4.98 Å². The molecule has 0 aliphatic rings. The minimum Gasteiger partial charge on any atom is -0.463 e. The highest BCUT2D eigenvalue weighted by atomic mass is 19.3. The quantitative estimate of drug-likeness (QED) is 0.667. The largest absolute Gasteiger partial charge is 0.463 e. The molecule has 0 N–H and O–H groups in total. The number of fused-ring (bicyclic) bond motifs is 1. The molecule has 0 unspecified atom stereocenters. The zero-order chi connectivity index (χ0) is 12.5. The molecule has 2 nitrogen and oxygen atoms in total. The Morgan fingerprint density at radius 2 is 1.89 bits per heavy atom. The summed E-state index contributed by atoms with van der Waals surface area (Å²) in [6.07, 6.45) is -1.04. The van der Waals surface area contributed by atoms with Gasteiger partial charge in [-0.05, 0) is 24.3 Å². The Balaban J connectivity index is 2.30. The summed E-state index contributed by atoms with van der Waals surface area (Å²) in [5.41, 5.74) is 0.947. The van der Waals surface area contributed by atoms with Crippen LogP contribution in [0.1, 0.15) is 12.0 Å². The highest BCUT2D eigenvalue weighted by Gasteiger charge is 2.15. The monoisotopic (exact) mass is 245 g/mol. The second kappa shape index (κ2) is 4.22. The smallest absolute Gasteiger partial charge is 0.264 e. The van der Waals surface area contributed by atoms with Gasteiger partial charge in [-0.25, -0.2) is 13.8 Å². The van der Waals surface area contributed by atoms with Crippen LogP contribution in [0.15, 0.2) is 53.1 Å². The molecule has 0 radical (unpaired) electrons. The van der Waals surface area contributed by atoms with Crippen molar-refractivity contribution in [1.29, 1.82) is 0 Å². The SMILES string of the molecule is FC(F)c1cc(-c2ccco2)nc2ccccc12. The summed E-state index contributed by atoms with van der Waals surface area (Å²) < 4.78 is 31.3. The van der Waals surface area contributed by atoms with Gasteiger partial charge in [-0.15, -0.1) is 0 Å². The van der Waals surface area contributed by atoms with Gasteiger partial charge in [0.15, 0.2) is 5.76 Å². The highest BCUT2D eigenvalue weighted by Crippen LogP contribution is 2.30. The number of pyridine rings is 1. The zero-order valence-electron chi connectivity index (χ0n) is 9.31. The molecule has 0 fully saturated rings. The average molecular weight is 245 g/mol. The molecular weight excluding hydrogens is 236 g/mol. The van der Waals surface area contributed by atoms with Crippen LogP contribution in [0.25, 0.3) is 22.4 Å². The lowest BCUT2D eigenvalue weighted by Gasteiger charge is -2.07. The molecular formula is C14H9F2NO. The van der Waals surface area contributed by atoms with Crippen molar-refractivity contribution < 1.29 is 13.2 Å². The molecule has 1 aromatic carbocycles. The van der Waals surface area contributed by atoms with E-state index in [0.717, 1.165) is 0 Å². The zero-order valence-corrected chi connectivity index (χ0v) is 9.31. The van der Waals surface area contributed by atoms with Gasteiger partial charge < -0.3 is 4.42 Å². The van der Waals surface area contributed by atoms with E-state index in [4.69, 9.17) is 4.42 Å². The molecule has 90 valence electrons. The maximum absolute atomic E-state index is 13.1. The average Bonchev–Trinajstić information content (AvgIpc) is 2.91. The van der Waals surface area contributed by atoms with E-state index in [0.29, 0.717) is 22.4 Å². The Labute approximate surface area is 102 Å². The van der Waals surface area contributed by atoms with Crippen molar-refractivity contribution in [1.82, 2.24) is 4.98 Å². The Kier molecular flexibility index (Phi) is 2.55. The Morgan fingerprint density at radius 3 is 2.61 bits per heavy atom. The van der Waals surface area contributed by atoms with E-state index in [9.17, 15) is 8.78 Å². The van der Waals surface area contributed by atoms with E-state index in [1.807, 2.05) is 0 Å². The first-order valence-corrected chi connectivity index (χ1v) is 5.47. The van der Waals surface area contributed by atoms with Gasteiger partial charge in [0.2, 0.25) is 0 Å². The van der Waals surface area contributed by atoms with E-state index in [1.165, 1.54) is 12.3 Å². The number of rotatable bonds is 2. The lowest BCUT2D eigenvalue weighted by atomic mass is 10.1. The number of hydrogen-bond donors (Lipinski definition) is 0. The van der Waals surface area contributed by atoms with Gasteiger partial charge in [-0.2, -0.15) is 0 Å². The summed E-state index contributed by atoms with van der Waals surface area (Å²) in [5.74, 6) is 0.489. The Morgan fingerprint density at radius 1 is 1.06 bits per heavy atom. The molecule has 2 aromatic heterocycles. The van der Waals surface area contributed by atoms with Crippen LogP contribution < -0.4 is 0 Å². The fourth-order valence-electron chi connectivity index (χ4n) is 1.93. The number of nitrogens with zero attached hydrogens (tertiary/aromatic N) is 1. The topological polar surface area (TPSA) is 26.0 Å². The summed E-state index contributed by atoms with van der Waals surface area (Å²) in [6, 6.07) is 11.6. The Hall–Kier alpha value is -2.23. The predicted molar refractivity (Wildman–Crippen MR) is 64.4 cm³/mol. The molecule has 0 aliphatic heterocycles. The molecule has 3 rings (SSSR count). The minimum absolute atomic E-state index is 0.0213. The van der Waals surface area contributed by atoms with Crippen LogP contribution >= 0.6 is 0 Å². The van der Waals surface area contributed by atoms with Gasteiger partial charge in [-0.1, -0.05) is 18.2 Å². The molecule has 0 saturated carbocycles. The second-order valence-corrected chi connectivity index (χ2v) is 3.89. The first-order chi connectivity index (χ1) is 8.75. The molecule has 2 heterocycles. The van der Waals surface area contributed by atoms with Gasteiger partial charge in [0.1, 0.15) is 5.69 Å². The predicted octanol–water partition coefficient (Wildman–Crippen LogP) is 4.43. The summed E-state index contributed by atoms with van der Waals surface area (Å²) in [5, 5.41) is 0.475. The van der Waals surface area contributed by atoms with Crippen LogP contribution in [0.4, 0.5) is 8.78 Å². The number of alkyl halides is 2. The number of aromatic nitrogens is 1. The molecule has 18 heavy (non-hydrogen) atoms. The van der Waals surface area contributed by atoms with Crippen LogP contribution in [0.2, 0.25) is 0 Å². The van der Waals surface area contributed by atoms with E-state index in [-0.39, 0.29) is 5.56 Å². The maximum atomic E-state index is 13.1. The normalized spacial score (nSPS) is 11.3.